The Bertz CT molecular complexity index is 420. The molecule has 0 aliphatic rings. The second-order valence-electron chi connectivity index (χ2n) is 3.67. The van der Waals surface area contributed by atoms with Gasteiger partial charge in [-0.15, -0.1) is 0 Å². The molecule has 14 heavy (non-hydrogen) atoms. The summed E-state index contributed by atoms with van der Waals surface area (Å²) in [6.07, 6.45) is 1.20. The molecule has 1 aromatic heterocycles. The molecule has 0 radical (unpaired) electrons. The van der Waals surface area contributed by atoms with Gasteiger partial charge in [0.15, 0.2) is 9.84 Å². The number of hydrogen-bond donors (Lipinski definition) is 1. The molecule has 0 unspecified atom stereocenters. The summed E-state index contributed by atoms with van der Waals surface area (Å²) in [5.74, 6) is 0.340. The second kappa shape index (κ2) is 3.61. The van der Waals surface area contributed by atoms with E-state index in [1.165, 1.54) is 6.26 Å². The van der Waals surface area contributed by atoms with Crippen LogP contribution in [0.25, 0.3) is 0 Å². The van der Waals surface area contributed by atoms with E-state index in [1.807, 2.05) is 13.8 Å². The molecule has 0 saturated carbocycles. The molecule has 2 N–H and O–H groups in total. The van der Waals surface area contributed by atoms with Crippen LogP contribution in [0.15, 0.2) is 6.07 Å². The first-order valence-electron chi connectivity index (χ1n) is 4.31. The van der Waals surface area contributed by atoms with Crippen LogP contribution in [0.2, 0.25) is 0 Å². The SMILES string of the molecule is CC(C)n1nc(N)cc1CS(C)(=O)=O. The summed E-state index contributed by atoms with van der Waals surface area (Å²) in [7, 11) is -3.04. The predicted octanol–water partition coefficient (Wildman–Crippen LogP) is 0.591. The number of nitrogens with two attached hydrogens (primary N) is 1. The van der Waals surface area contributed by atoms with Crippen LogP contribution in [0.1, 0.15) is 25.6 Å². The minimum absolute atomic E-state index is 0.0185. The maximum atomic E-state index is 11.1. The van der Waals surface area contributed by atoms with E-state index >= 15 is 0 Å². The van der Waals surface area contributed by atoms with E-state index in [0.29, 0.717) is 11.5 Å². The highest BCUT2D eigenvalue weighted by molar-refractivity contribution is 7.89. The molecule has 0 amide bonds. The number of aromatic nitrogens is 2. The van der Waals surface area contributed by atoms with Gasteiger partial charge >= 0.3 is 0 Å². The minimum Gasteiger partial charge on any atom is -0.382 e. The quantitative estimate of drug-likeness (QED) is 0.803. The number of nitrogen functional groups attached to an aromatic ring is 1. The number of rotatable bonds is 3. The highest BCUT2D eigenvalue weighted by Gasteiger charge is 2.13. The lowest BCUT2D eigenvalue weighted by Gasteiger charge is -2.09. The van der Waals surface area contributed by atoms with E-state index in [0.717, 1.165) is 0 Å². The normalized spacial score (nSPS) is 12.3. The summed E-state index contributed by atoms with van der Waals surface area (Å²) in [5.41, 5.74) is 6.15. The highest BCUT2D eigenvalue weighted by Crippen LogP contribution is 2.14. The van der Waals surface area contributed by atoms with E-state index in [4.69, 9.17) is 5.73 Å². The molecule has 6 heteroatoms. The molecule has 0 aliphatic carbocycles. The maximum absolute atomic E-state index is 11.1. The van der Waals surface area contributed by atoms with E-state index < -0.39 is 9.84 Å². The van der Waals surface area contributed by atoms with Gasteiger partial charge in [-0.2, -0.15) is 5.10 Å². The third kappa shape index (κ3) is 2.73. The van der Waals surface area contributed by atoms with Crippen LogP contribution in [0, 0.1) is 0 Å². The molecule has 5 nitrogen and oxygen atoms in total. The fourth-order valence-corrected chi connectivity index (χ4v) is 2.03. The van der Waals surface area contributed by atoms with Gasteiger partial charge in [0.25, 0.3) is 0 Å². The summed E-state index contributed by atoms with van der Waals surface area (Å²) >= 11 is 0. The number of nitrogens with zero attached hydrogens (tertiary/aromatic N) is 2. The Balaban J connectivity index is 3.08. The Morgan fingerprint density at radius 3 is 2.57 bits per heavy atom. The first-order valence-corrected chi connectivity index (χ1v) is 6.37. The summed E-state index contributed by atoms with van der Waals surface area (Å²) in [4.78, 5) is 0. The molecule has 1 aromatic rings. The maximum Gasteiger partial charge on any atom is 0.153 e. The Hall–Kier alpha value is -1.04. The lowest BCUT2D eigenvalue weighted by molar-refractivity contribution is 0.516. The van der Waals surface area contributed by atoms with Gasteiger partial charge in [0.05, 0.1) is 11.4 Å². The molecule has 0 aromatic carbocycles. The molecule has 1 heterocycles. The highest BCUT2D eigenvalue weighted by atomic mass is 32.2. The molecule has 0 bridgehead atoms. The monoisotopic (exact) mass is 217 g/mol. The van der Waals surface area contributed by atoms with Crippen LogP contribution < -0.4 is 5.73 Å². The lowest BCUT2D eigenvalue weighted by atomic mass is 10.4. The van der Waals surface area contributed by atoms with Crippen LogP contribution in [0.5, 0.6) is 0 Å². The molecule has 0 fully saturated rings. The zero-order valence-electron chi connectivity index (χ0n) is 8.56. The zero-order chi connectivity index (χ0) is 10.9. The van der Waals surface area contributed by atoms with Crippen LogP contribution in [-0.2, 0) is 15.6 Å². The van der Waals surface area contributed by atoms with Gasteiger partial charge in [-0.05, 0) is 13.8 Å². The average Bonchev–Trinajstić information content (AvgIpc) is 2.27. The Morgan fingerprint density at radius 1 is 1.57 bits per heavy atom. The van der Waals surface area contributed by atoms with Crippen molar-refractivity contribution in [2.75, 3.05) is 12.0 Å². The molecule has 0 aliphatic heterocycles. The molecule has 0 atom stereocenters. The van der Waals surface area contributed by atoms with Crippen molar-refractivity contribution in [1.29, 1.82) is 0 Å². The second-order valence-corrected chi connectivity index (χ2v) is 5.81. The van der Waals surface area contributed by atoms with Crippen molar-refractivity contribution in [3.05, 3.63) is 11.8 Å². The zero-order valence-corrected chi connectivity index (χ0v) is 9.37. The first-order chi connectivity index (χ1) is 6.29. The van der Waals surface area contributed by atoms with Gasteiger partial charge in [0.2, 0.25) is 0 Å². The van der Waals surface area contributed by atoms with Gasteiger partial charge < -0.3 is 5.73 Å². The molecule has 0 spiro atoms. The fraction of sp³-hybridized carbons (Fsp3) is 0.625. The molecule has 1 rings (SSSR count). The molecular weight excluding hydrogens is 202 g/mol. The van der Waals surface area contributed by atoms with Crippen molar-refractivity contribution in [3.63, 3.8) is 0 Å². The van der Waals surface area contributed by atoms with Crippen molar-refractivity contribution in [1.82, 2.24) is 9.78 Å². The van der Waals surface area contributed by atoms with Gasteiger partial charge in [-0.25, -0.2) is 8.42 Å². The molecule has 80 valence electrons. The van der Waals surface area contributed by atoms with Gasteiger partial charge in [0, 0.05) is 18.4 Å². The average molecular weight is 217 g/mol. The van der Waals surface area contributed by atoms with E-state index in [9.17, 15) is 8.42 Å². The fourth-order valence-electron chi connectivity index (χ4n) is 1.28. The number of anilines is 1. The smallest absolute Gasteiger partial charge is 0.153 e. The Labute approximate surface area is 83.8 Å². The Kier molecular flexibility index (Phi) is 2.84. The van der Waals surface area contributed by atoms with Crippen LogP contribution in [-0.4, -0.2) is 24.5 Å². The predicted molar refractivity (Wildman–Crippen MR) is 55.6 cm³/mol. The Morgan fingerprint density at radius 2 is 2.14 bits per heavy atom. The van der Waals surface area contributed by atoms with Gasteiger partial charge in [-0.3, -0.25) is 4.68 Å². The molecular formula is C8H15N3O2S. The largest absolute Gasteiger partial charge is 0.382 e. The van der Waals surface area contributed by atoms with Crippen molar-refractivity contribution < 1.29 is 8.42 Å². The molecule has 0 saturated heterocycles. The van der Waals surface area contributed by atoms with Crippen molar-refractivity contribution in [2.45, 2.75) is 25.6 Å². The van der Waals surface area contributed by atoms with Gasteiger partial charge in [-0.1, -0.05) is 0 Å². The van der Waals surface area contributed by atoms with Crippen molar-refractivity contribution in [3.8, 4) is 0 Å². The minimum atomic E-state index is -3.04. The topological polar surface area (TPSA) is 78.0 Å². The van der Waals surface area contributed by atoms with Crippen LogP contribution in [0.3, 0.4) is 0 Å². The number of sulfone groups is 1. The van der Waals surface area contributed by atoms with Crippen LogP contribution >= 0.6 is 0 Å². The van der Waals surface area contributed by atoms with E-state index in [2.05, 4.69) is 5.10 Å². The standard InChI is InChI=1S/C8H15N3O2S/c1-6(2)11-7(4-8(9)10-11)5-14(3,12)13/h4,6H,5H2,1-3H3,(H2,9,10). The lowest BCUT2D eigenvalue weighted by Crippen LogP contribution is -2.11. The summed E-state index contributed by atoms with van der Waals surface area (Å²) in [5, 5.41) is 4.02. The summed E-state index contributed by atoms with van der Waals surface area (Å²) in [6.45, 7) is 3.86. The van der Waals surface area contributed by atoms with Crippen molar-refractivity contribution >= 4 is 15.7 Å². The van der Waals surface area contributed by atoms with Crippen molar-refractivity contribution in [2.24, 2.45) is 0 Å². The number of hydrogen-bond acceptors (Lipinski definition) is 4. The van der Waals surface area contributed by atoms with Gasteiger partial charge in [0.1, 0.15) is 5.82 Å². The van der Waals surface area contributed by atoms with E-state index in [-0.39, 0.29) is 11.8 Å². The van der Waals surface area contributed by atoms with Crippen LogP contribution in [0.4, 0.5) is 5.82 Å². The third-order valence-corrected chi connectivity index (χ3v) is 2.55. The third-order valence-electron chi connectivity index (χ3n) is 1.73. The summed E-state index contributed by atoms with van der Waals surface area (Å²) in [6, 6.07) is 1.71. The van der Waals surface area contributed by atoms with E-state index in [1.54, 1.807) is 10.7 Å². The summed E-state index contributed by atoms with van der Waals surface area (Å²) < 4.78 is 23.8. The first kappa shape index (κ1) is 11.0.